The van der Waals surface area contributed by atoms with Gasteiger partial charge in [0.1, 0.15) is 4.99 Å². The summed E-state index contributed by atoms with van der Waals surface area (Å²) < 4.78 is 2.08. The molecule has 0 spiro atoms. The van der Waals surface area contributed by atoms with Crippen molar-refractivity contribution >= 4 is 39.4 Å². The van der Waals surface area contributed by atoms with Crippen LogP contribution < -0.4 is 0 Å². The number of para-hydroxylation sites is 1. The Morgan fingerprint density at radius 2 is 1.76 bits per heavy atom. The summed E-state index contributed by atoms with van der Waals surface area (Å²) in [7, 11) is 6.15. The average Bonchev–Trinajstić information content (AvgIpc) is 2.92. The van der Waals surface area contributed by atoms with Gasteiger partial charge >= 0.3 is 0 Å². The molecule has 0 saturated carbocycles. The number of Topliss-reactive ketones (excluding diaryl/α,β-unsaturated/α-hetero) is 1. The summed E-state index contributed by atoms with van der Waals surface area (Å²) in [4.78, 5) is 16.9. The van der Waals surface area contributed by atoms with Crippen LogP contribution in [0.4, 0.5) is 0 Å². The zero-order valence-corrected chi connectivity index (χ0v) is 15.9. The maximum atomic E-state index is 11.8. The van der Waals surface area contributed by atoms with Crippen molar-refractivity contribution in [2.45, 2.75) is 6.92 Å². The summed E-state index contributed by atoms with van der Waals surface area (Å²) in [5.74, 6) is 0.0620. The average molecular weight is 353 g/mol. The minimum absolute atomic E-state index is 0.0620. The van der Waals surface area contributed by atoms with E-state index >= 15 is 0 Å². The van der Waals surface area contributed by atoms with Gasteiger partial charge in [-0.3, -0.25) is 4.79 Å². The number of hydrogen-bond acceptors (Lipinski definition) is 3. The van der Waals surface area contributed by atoms with Gasteiger partial charge in [-0.25, -0.2) is 0 Å². The Balaban J connectivity index is 2.16. The van der Waals surface area contributed by atoms with E-state index in [0.717, 1.165) is 40.1 Å². The smallest absolute Gasteiger partial charge is 0.161 e. The first-order valence-corrected chi connectivity index (χ1v) is 8.75. The van der Waals surface area contributed by atoms with Crippen molar-refractivity contribution in [3.63, 3.8) is 0 Å². The minimum atomic E-state index is 0.0620. The molecule has 130 valence electrons. The fraction of sp³-hybridized carbons (Fsp3) is 0.300. The number of nitrogens with zero attached hydrogens (tertiary/aromatic N) is 3. The van der Waals surface area contributed by atoms with Gasteiger partial charge in [-0.1, -0.05) is 30.4 Å². The highest BCUT2D eigenvalue weighted by atomic mass is 32.1. The molecule has 5 heteroatoms. The molecule has 0 radical (unpaired) electrons. The van der Waals surface area contributed by atoms with E-state index in [4.69, 9.17) is 12.2 Å². The number of benzene rings is 1. The van der Waals surface area contributed by atoms with Crippen molar-refractivity contribution in [3.05, 3.63) is 53.7 Å². The SMILES string of the molecule is CC(=O)c1ccc2c(C(=S)N(C)CCN(C)C)c3ccccc3n2c1. The van der Waals surface area contributed by atoms with Crippen LogP contribution in [0.3, 0.4) is 0 Å². The van der Waals surface area contributed by atoms with Crippen molar-refractivity contribution in [1.29, 1.82) is 0 Å². The van der Waals surface area contributed by atoms with E-state index in [1.165, 1.54) is 0 Å². The van der Waals surface area contributed by atoms with Crippen LogP contribution in [-0.2, 0) is 0 Å². The number of carbonyl (C=O) groups is 1. The van der Waals surface area contributed by atoms with Crippen molar-refractivity contribution in [1.82, 2.24) is 14.2 Å². The molecular weight excluding hydrogens is 330 g/mol. The molecule has 2 aromatic heterocycles. The molecule has 0 unspecified atom stereocenters. The lowest BCUT2D eigenvalue weighted by molar-refractivity contribution is 0.101. The highest BCUT2D eigenvalue weighted by molar-refractivity contribution is 7.80. The van der Waals surface area contributed by atoms with E-state index in [0.29, 0.717) is 5.56 Å². The maximum Gasteiger partial charge on any atom is 0.161 e. The lowest BCUT2D eigenvalue weighted by Crippen LogP contribution is -2.32. The summed E-state index contributed by atoms with van der Waals surface area (Å²) >= 11 is 5.82. The summed E-state index contributed by atoms with van der Waals surface area (Å²) in [6.07, 6.45) is 1.91. The molecule has 0 fully saturated rings. The van der Waals surface area contributed by atoms with E-state index in [-0.39, 0.29) is 5.78 Å². The van der Waals surface area contributed by atoms with Crippen LogP contribution in [0.2, 0.25) is 0 Å². The molecule has 3 aromatic rings. The van der Waals surface area contributed by atoms with E-state index in [2.05, 4.69) is 40.4 Å². The van der Waals surface area contributed by atoms with Crippen LogP contribution in [0.25, 0.3) is 16.4 Å². The van der Waals surface area contributed by atoms with Crippen molar-refractivity contribution in [2.24, 2.45) is 0 Å². The van der Waals surface area contributed by atoms with Gasteiger partial charge in [0.15, 0.2) is 5.78 Å². The third-order valence-corrected chi connectivity index (χ3v) is 5.00. The van der Waals surface area contributed by atoms with E-state index in [1.807, 2.05) is 37.5 Å². The molecular formula is C20H23N3OS. The highest BCUT2D eigenvalue weighted by Crippen LogP contribution is 2.28. The van der Waals surface area contributed by atoms with Crippen LogP contribution >= 0.6 is 12.2 Å². The molecule has 0 N–H and O–H groups in total. The predicted octanol–water partition coefficient (Wildman–Crippen LogP) is 3.46. The number of aromatic nitrogens is 1. The molecule has 0 aliphatic heterocycles. The first kappa shape index (κ1) is 17.6. The molecule has 0 aliphatic carbocycles. The van der Waals surface area contributed by atoms with Crippen molar-refractivity contribution in [2.75, 3.05) is 34.2 Å². The van der Waals surface area contributed by atoms with Crippen LogP contribution in [0, 0.1) is 0 Å². The number of ketones is 1. The van der Waals surface area contributed by atoms with Gasteiger partial charge in [0.25, 0.3) is 0 Å². The normalized spacial score (nSPS) is 11.4. The van der Waals surface area contributed by atoms with Gasteiger partial charge in [-0.15, -0.1) is 0 Å². The lowest BCUT2D eigenvalue weighted by Gasteiger charge is -2.22. The summed E-state index contributed by atoms with van der Waals surface area (Å²) in [6.45, 7) is 3.39. The van der Waals surface area contributed by atoms with Crippen LogP contribution in [0.5, 0.6) is 0 Å². The molecule has 0 atom stereocenters. The van der Waals surface area contributed by atoms with Gasteiger partial charge < -0.3 is 14.2 Å². The molecule has 25 heavy (non-hydrogen) atoms. The lowest BCUT2D eigenvalue weighted by atomic mass is 10.1. The highest BCUT2D eigenvalue weighted by Gasteiger charge is 2.18. The molecule has 1 aromatic carbocycles. The molecule has 0 aliphatic rings. The Kier molecular flexibility index (Phi) is 4.88. The standard InChI is InChI=1S/C20H23N3OS/c1-14(24)15-9-10-18-19(20(25)22(4)12-11-21(2)3)16-7-5-6-8-17(16)23(18)13-15/h5-10,13H,11-12H2,1-4H3. The number of fused-ring (bicyclic) bond motifs is 3. The monoisotopic (exact) mass is 353 g/mol. The Hall–Kier alpha value is -2.24. The molecule has 2 heterocycles. The zero-order valence-electron chi connectivity index (χ0n) is 15.1. The largest absolute Gasteiger partial charge is 0.364 e. The third-order valence-electron chi connectivity index (χ3n) is 4.49. The minimum Gasteiger partial charge on any atom is -0.364 e. The maximum absolute atomic E-state index is 11.8. The van der Waals surface area contributed by atoms with Crippen molar-refractivity contribution < 1.29 is 4.79 Å². The van der Waals surface area contributed by atoms with E-state index < -0.39 is 0 Å². The fourth-order valence-electron chi connectivity index (χ4n) is 3.01. The van der Waals surface area contributed by atoms with Crippen molar-refractivity contribution in [3.8, 4) is 0 Å². The van der Waals surface area contributed by atoms with Gasteiger partial charge in [-0.05, 0) is 39.2 Å². The number of thiocarbonyl (C=S) groups is 1. The third kappa shape index (κ3) is 3.30. The second-order valence-electron chi connectivity index (χ2n) is 6.65. The zero-order chi connectivity index (χ0) is 18.1. The number of carbonyl (C=O) groups excluding carboxylic acids is 1. The Morgan fingerprint density at radius 3 is 2.44 bits per heavy atom. The Morgan fingerprint density at radius 1 is 1.04 bits per heavy atom. The summed E-state index contributed by atoms with van der Waals surface area (Å²) in [6, 6.07) is 12.1. The van der Waals surface area contributed by atoms with Crippen LogP contribution in [0.1, 0.15) is 22.8 Å². The Labute approximate surface area is 153 Å². The van der Waals surface area contributed by atoms with Crippen LogP contribution in [0.15, 0.2) is 42.6 Å². The van der Waals surface area contributed by atoms with E-state index in [1.54, 1.807) is 6.92 Å². The first-order chi connectivity index (χ1) is 11.9. The molecule has 3 rings (SSSR count). The van der Waals surface area contributed by atoms with Gasteiger partial charge in [0.05, 0.1) is 11.0 Å². The second kappa shape index (κ2) is 6.94. The quantitative estimate of drug-likeness (QED) is 0.519. The number of rotatable bonds is 5. The fourth-order valence-corrected chi connectivity index (χ4v) is 3.32. The summed E-state index contributed by atoms with van der Waals surface area (Å²) in [5, 5.41) is 1.12. The molecule has 0 amide bonds. The van der Waals surface area contributed by atoms with Gasteiger partial charge in [-0.2, -0.15) is 0 Å². The van der Waals surface area contributed by atoms with Crippen LogP contribution in [-0.4, -0.2) is 59.2 Å². The van der Waals surface area contributed by atoms with Gasteiger partial charge in [0.2, 0.25) is 0 Å². The molecule has 4 nitrogen and oxygen atoms in total. The topological polar surface area (TPSA) is 28.0 Å². The second-order valence-corrected chi connectivity index (χ2v) is 7.04. The number of pyridine rings is 1. The summed E-state index contributed by atoms with van der Waals surface area (Å²) in [5.41, 5.74) is 3.86. The van der Waals surface area contributed by atoms with E-state index in [9.17, 15) is 4.79 Å². The van der Waals surface area contributed by atoms with Gasteiger partial charge in [0, 0.05) is 42.8 Å². The Bertz CT molecular complexity index is 958. The molecule has 0 bridgehead atoms. The number of likely N-dealkylation sites (N-methyl/N-ethyl adjacent to an activating group) is 2. The molecule has 0 saturated heterocycles. The first-order valence-electron chi connectivity index (χ1n) is 8.34. The predicted molar refractivity (Wildman–Crippen MR) is 108 cm³/mol. The number of hydrogen-bond donors (Lipinski definition) is 0.